The van der Waals surface area contributed by atoms with E-state index < -0.39 is 0 Å². The maximum Gasteiger partial charge on any atom is 0.191 e. The van der Waals surface area contributed by atoms with Crippen LogP contribution in [0.4, 0.5) is 0 Å². The SMILES string of the molecule is CCC(CC)c1cc(CNC(=NC)NCc2cccs2)on1. The number of aromatic nitrogens is 1. The van der Waals surface area contributed by atoms with Crippen molar-refractivity contribution < 1.29 is 4.52 Å². The monoisotopic (exact) mass is 320 g/mol. The Hall–Kier alpha value is -1.82. The Labute approximate surface area is 135 Å². The average Bonchev–Trinajstić information content (AvgIpc) is 3.20. The summed E-state index contributed by atoms with van der Waals surface area (Å²) in [7, 11) is 1.76. The number of thiophene rings is 1. The van der Waals surface area contributed by atoms with Gasteiger partial charge in [0.1, 0.15) is 0 Å². The molecule has 2 rings (SSSR count). The van der Waals surface area contributed by atoms with E-state index in [1.165, 1.54) is 4.88 Å². The van der Waals surface area contributed by atoms with Gasteiger partial charge in [-0.05, 0) is 24.3 Å². The molecule has 0 spiro atoms. The molecule has 0 aromatic carbocycles. The molecule has 0 unspecified atom stereocenters. The molecule has 2 N–H and O–H groups in total. The molecule has 2 aromatic rings. The number of hydrogen-bond donors (Lipinski definition) is 2. The lowest BCUT2D eigenvalue weighted by molar-refractivity contribution is 0.368. The lowest BCUT2D eigenvalue weighted by atomic mass is 9.99. The summed E-state index contributed by atoms with van der Waals surface area (Å²) in [6, 6.07) is 6.19. The van der Waals surface area contributed by atoms with Crippen molar-refractivity contribution in [1.29, 1.82) is 0 Å². The topological polar surface area (TPSA) is 62.5 Å². The number of nitrogens with one attached hydrogen (secondary N) is 2. The third-order valence-corrected chi connectivity index (χ3v) is 4.52. The molecule has 0 atom stereocenters. The number of aliphatic imine (C=N–C) groups is 1. The van der Waals surface area contributed by atoms with Gasteiger partial charge < -0.3 is 15.2 Å². The first-order valence-electron chi connectivity index (χ1n) is 7.69. The maximum atomic E-state index is 5.40. The first-order chi connectivity index (χ1) is 10.8. The van der Waals surface area contributed by atoms with Crippen molar-refractivity contribution in [3.05, 3.63) is 39.9 Å². The minimum Gasteiger partial charge on any atom is -0.359 e. The van der Waals surface area contributed by atoms with Gasteiger partial charge in [0, 0.05) is 23.9 Å². The third kappa shape index (κ3) is 4.59. The highest BCUT2D eigenvalue weighted by Gasteiger charge is 2.13. The number of nitrogens with zero attached hydrogens (tertiary/aromatic N) is 2. The molecule has 0 aliphatic rings. The van der Waals surface area contributed by atoms with Crippen LogP contribution in [0.5, 0.6) is 0 Å². The van der Waals surface area contributed by atoms with Crippen LogP contribution in [0.25, 0.3) is 0 Å². The van der Waals surface area contributed by atoms with Gasteiger partial charge in [-0.1, -0.05) is 25.1 Å². The molecule has 0 fully saturated rings. The van der Waals surface area contributed by atoms with Crippen LogP contribution in [0.15, 0.2) is 33.1 Å². The first-order valence-corrected chi connectivity index (χ1v) is 8.57. The molecule has 2 aromatic heterocycles. The van der Waals surface area contributed by atoms with Crippen LogP contribution in [0.2, 0.25) is 0 Å². The maximum absolute atomic E-state index is 5.40. The van der Waals surface area contributed by atoms with Crippen molar-refractivity contribution >= 4 is 17.3 Å². The lowest BCUT2D eigenvalue weighted by Crippen LogP contribution is -2.36. The Morgan fingerprint density at radius 3 is 2.73 bits per heavy atom. The fraction of sp³-hybridized carbons (Fsp3) is 0.500. The van der Waals surface area contributed by atoms with Crippen molar-refractivity contribution in [2.24, 2.45) is 4.99 Å². The van der Waals surface area contributed by atoms with E-state index in [1.807, 2.05) is 12.1 Å². The van der Waals surface area contributed by atoms with Crippen molar-refractivity contribution in [2.45, 2.75) is 45.7 Å². The second-order valence-electron chi connectivity index (χ2n) is 5.09. The highest BCUT2D eigenvalue weighted by atomic mass is 32.1. The van der Waals surface area contributed by atoms with E-state index in [4.69, 9.17) is 4.52 Å². The average molecular weight is 320 g/mol. The summed E-state index contributed by atoms with van der Waals surface area (Å²) in [6.07, 6.45) is 2.17. The lowest BCUT2D eigenvalue weighted by Gasteiger charge is -2.09. The molecule has 0 amide bonds. The molecule has 120 valence electrons. The van der Waals surface area contributed by atoms with Gasteiger partial charge >= 0.3 is 0 Å². The number of rotatable bonds is 7. The van der Waals surface area contributed by atoms with Crippen LogP contribution in [0, 0.1) is 0 Å². The van der Waals surface area contributed by atoms with Gasteiger partial charge in [0.2, 0.25) is 0 Å². The van der Waals surface area contributed by atoms with Crippen molar-refractivity contribution in [3.8, 4) is 0 Å². The van der Waals surface area contributed by atoms with Gasteiger partial charge in [-0.3, -0.25) is 4.99 Å². The van der Waals surface area contributed by atoms with Gasteiger partial charge in [0.25, 0.3) is 0 Å². The van der Waals surface area contributed by atoms with Gasteiger partial charge in [-0.25, -0.2) is 0 Å². The first kappa shape index (κ1) is 16.5. The summed E-state index contributed by atoms with van der Waals surface area (Å²) in [6.45, 7) is 5.71. The molecule has 0 aliphatic heterocycles. The van der Waals surface area contributed by atoms with E-state index in [9.17, 15) is 0 Å². The fourth-order valence-electron chi connectivity index (χ4n) is 2.29. The fourth-order valence-corrected chi connectivity index (χ4v) is 2.93. The summed E-state index contributed by atoms with van der Waals surface area (Å²) in [5, 5.41) is 12.8. The molecular formula is C16H24N4OS. The summed E-state index contributed by atoms with van der Waals surface area (Å²) >= 11 is 1.73. The van der Waals surface area contributed by atoms with Gasteiger partial charge in [-0.2, -0.15) is 0 Å². The van der Waals surface area contributed by atoms with Crippen LogP contribution >= 0.6 is 11.3 Å². The van der Waals surface area contributed by atoms with E-state index >= 15 is 0 Å². The molecule has 6 heteroatoms. The van der Waals surface area contributed by atoms with Gasteiger partial charge in [0.15, 0.2) is 11.7 Å². The minimum absolute atomic E-state index is 0.480. The Morgan fingerprint density at radius 1 is 1.32 bits per heavy atom. The van der Waals surface area contributed by atoms with Gasteiger partial charge in [-0.15, -0.1) is 11.3 Å². The van der Waals surface area contributed by atoms with E-state index in [0.29, 0.717) is 12.5 Å². The van der Waals surface area contributed by atoms with Gasteiger partial charge in [0.05, 0.1) is 18.8 Å². The van der Waals surface area contributed by atoms with Crippen LogP contribution in [0.3, 0.4) is 0 Å². The molecule has 0 saturated carbocycles. The van der Waals surface area contributed by atoms with Crippen molar-refractivity contribution in [1.82, 2.24) is 15.8 Å². The second-order valence-corrected chi connectivity index (χ2v) is 6.12. The summed E-state index contributed by atoms with van der Waals surface area (Å²) in [5.41, 5.74) is 1.04. The molecule has 0 bridgehead atoms. The quantitative estimate of drug-likeness (QED) is 0.605. The van der Waals surface area contributed by atoms with E-state index in [0.717, 1.165) is 36.8 Å². The molecule has 0 saturated heterocycles. The largest absolute Gasteiger partial charge is 0.359 e. The molecular weight excluding hydrogens is 296 g/mol. The van der Waals surface area contributed by atoms with Crippen LogP contribution < -0.4 is 10.6 Å². The molecule has 2 heterocycles. The third-order valence-electron chi connectivity index (χ3n) is 3.64. The Bertz CT molecular complexity index is 573. The normalized spacial score (nSPS) is 11.9. The molecule has 22 heavy (non-hydrogen) atoms. The predicted octanol–water partition coefficient (Wildman–Crippen LogP) is 3.50. The van der Waals surface area contributed by atoms with E-state index in [2.05, 4.69) is 46.1 Å². The Kier molecular flexibility index (Phi) is 6.45. The zero-order valence-electron chi connectivity index (χ0n) is 13.4. The van der Waals surface area contributed by atoms with Crippen molar-refractivity contribution in [2.75, 3.05) is 7.05 Å². The zero-order valence-corrected chi connectivity index (χ0v) is 14.2. The van der Waals surface area contributed by atoms with Crippen LogP contribution in [-0.2, 0) is 13.1 Å². The van der Waals surface area contributed by atoms with E-state index in [-0.39, 0.29) is 0 Å². The molecule has 5 nitrogen and oxygen atoms in total. The summed E-state index contributed by atoms with van der Waals surface area (Å²) in [5.74, 6) is 2.07. The Morgan fingerprint density at radius 2 is 2.09 bits per heavy atom. The smallest absolute Gasteiger partial charge is 0.191 e. The highest BCUT2D eigenvalue weighted by molar-refractivity contribution is 7.09. The number of hydrogen-bond acceptors (Lipinski definition) is 4. The second kappa shape index (κ2) is 8.58. The van der Waals surface area contributed by atoms with E-state index in [1.54, 1.807) is 18.4 Å². The molecule has 0 radical (unpaired) electrons. The highest BCUT2D eigenvalue weighted by Crippen LogP contribution is 2.22. The molecule has 0 aliphatic carbocycles. The Balaban J connectivity index is 1.83. The summed E-state index contributed by atoms with van der Waals surface area (Å²) in [4.78, 5) is 5.49. The van der Waals surface area contributed by atoms with Crippen molar-refractivity contribution in [3.63, 3.8) is 0 Å². The van der Waals surface area contributed by atoms with Crippen LogP contribution in [-0.4, -0.2) is 18.2 Å². The zero-order chi connectivity index (χ0) is 15.8. The predicted molar refractivity (Wildman–Crippen MR) is 91.2 cm³/mol. The summed E-state index contributed by atoms with van der Waals surface area (Å²) < 4.78 is 5.40. The van der Waals surface area contributed by atoms with Crippen LogP contribution in [0.1, 0.15) is 48.9 Å². The minimum atomic E-state index is 0.480. The number of guanidine groups is 1. The standard InChI is InChI=1S/C16H24N4OS/c1-4-12(5-2)15-9-13(21-20-15)10-18-16(17-3)19-11-14-7-6-8-22-14/h6-9,12H,4-5,10-11H2,1-3H3,(H2,17,18,19).